The summed E-state index contributed by atoms with van der Waals surface area (Å²) in [6.07, 6.45) is 5.24. The largest absolute Gasteiger partial charge is 0.394 e. The summed E-state index contributed by atoms with van der Waals surface area (Å²) < 4.78 is -0.759. The molecule has 3 fully saturated rings. The van der Waals surface area contributed by atoms with Crippen LogP contribution in [-0.2, 0) is 20.8 Å². The lowest BCUT2D eigenvalue weighted by Gasteiger charge is -2.43. The first kappa shape index (κ1) is 31.1. The second kappa shape index (κ2) is 12.3. The molecule has 43 heavy (non-hydrogen) atoms. The Morgan fingerprint density at radius 3 is 2.26 bits per heavy atom. The number of para-hydroxylation sites is 1. The Hall–Kier alpha value is -3.36. The van der Waals surface area contributed by atoms with Crippen molar-refractivity contribution in [1.29, 1.82) is 0 Å². The van der Waals surface area contributed by atoms with E-state index < -0.39 is 34.2 Å². The molecular weight excluding hydrogens is 558 g/mol. The minimum absolute atomic E-state index is 0.0703. The van der Waals surface area contributed by atoms with Gasteiger partial charge < -0.3 is 19.8 Å². The number of hydrogen-bond donors (Lipinski definition) is 1. The van der Waals surface area contributed by atoms with Crippen LogP contribution < -0.4 is 4.90 Å². The van der Waals surface area contributed by atoms with E-state index in [1.54, 1.807) is 38.6 Å². The summed E-state index contributed by atoms with van der Waals surface area (Å²) in [5.74, 6) is -1.71. The summed E-state index contributed by atoms with van der Waals surface area (Å²) in [4.78, 5) is 49.1. The first-order chi connectivity index (χ1) is 20.6. The van der Waals surface area contributed by atoms with Gasteiger partial charge in [0.1, 0.15) is 6.04 Å². The number of aliphatic hydroxyl groups excluding tert-OH is 1. The van der Waals surface area contributed by atoms with Crippen molar-refractivity contribution >= 4 is 35.2 Å². The summed E-state index contributed by atoms with van der Waals surface area (Å²) in [7, 11) is 0. The third-order valence-electron chi connectivity index (χ3n) is 9.21. The number of rotatable bonds is 11. The Labute approximate surface area is 259 Å². The maximum absolute atomic E-state index is 14.8. The molecule has 7 nitrogen and oxygen atoms in total. The molecule has 2 aromatic rings. The number of fused-ring (bicyclic) bond motifs is 1. The average molecular weight is 602 g/mol. The number of likely N-dealkylation sites (tertiary alicyclic amines) is 1. The topological polar surface area (TPSA) is 81.2 Å². The van der Waals surface area contributed by atoms with Crippen molar-refractivity contribution in [2.24, 2.45) is 11.8 Å². The highest BCUT2D eigenvalue weighted by Gasteiger charge is 2.74. The lowest BCUT2D eigenvalue weighted by molar-refractivity contribution is -0.148. The van der Waals surface area contributed by atoms with Crippen LogP contribution in [0.1, 0.15) is 39.2 Å². The molecule has 1 N–H and O–H groups in total. The Kier molecular flexibility index (Phi) is 8.91. The molecule has 3 aliphatic rings. The van der Waals surface area contributed by atoms with Crippen LogP contribution in [0.25, 0.3) is 0 Å². The predicted molar refractivity (Wildman–Crippen MR) is 173 cm³/mol. The van der Waals surface area contributed by atoms with Gasteiger partial charge in [0.15, 0.2) is 0 Å². The molecule has 3 heterocycles. The minimum Gasteiger partial charge on any atom is -0.394 e. The van der Waals surface area contributed by atoms with Crippen molar-refractivity contribution in [3.8, 4) is 0 Å². The second-order valence-corrected chi connectivity index (χ2v) is 14.4. The number of hydrogen-bond acceptors (Lipinski definition) is 5. The molecular formula is C35H43N3O4S. The molecule has 2 aromatic carbocycles. The van der Waals surface area contributed by atoms with E-state index in [9.17, 15) is 19.5 Å². The van der Waals surface area contributed by atoms with Gasteiger partial charge in [0.25, 0.3) is 0 Å². The van der Waals surface area contributed by atoms with Crippen molar-refractivity contribution < 1.29 is 19.5 Å². The van der Waals surface area contributed by atoms with Crippen LogP contribution in [0.15, 0.2) is 86.0 Å². The summed E-state index contributed by atoms with van der Waals surface area (Å²) in [6, 6.07) is 17.8. The van der Waals surface area contributed by atoms with Crippen LogP contribution in [0, 0.1) is 11.8 Å². The zero-order valence-corrected chi connectivity index (χ0v) is 26.2. The van der Waals surface area contributed by atoms with E-state index in [0.29, 0.717) is 25.9 Å². The van der Waals surface area contributed by atoms with E-state index in [0.717, 1.165) is 17.7 Å². The van der Waals surface area contributed by atoms with E-state index in [4.69, 9.17) is 0 Å². The highest BCUT2D eigenvalue weighted by molar-refractivity contribution is 8.02. The van der Waals surface area contributed by atoms with Crippen molar-refractivity contribution in [3.63, 3.8) is 0 Å². The zero-order valence-electron chi connectivity index (χ0n) is 25.4. The molecule has 3 aliphatic heterocycles. The van der Waals surface area contributed by atoms with Crippen LogP contribution in [0.2, 0.25) is 0 Å². The predicted octanol–water partition coefficient (Wildman–Crippen LogP) is 4.71. The Balaban J connectivity index is 1.60. The molecule has 1 spiro atoms. The molecule has 2 bridgehead atoms. The van der Waals surface area contributed by atoms with Gasteiger partial charge in [0.05, 0.1) is 29.2 Å². The Morgan fingerprint density at radius 2 is 1.67 bits per heavy atom. The number of carbonyl (C=O) groups is 3. The fourth-order valence-corrected chi connectivity index (χ4v) is 9.59. The summed E-state index contributed by atoms with van der Waals surface area (Å²) >= 11 is 1.65. The highest BCUT2D eigenvalue weighted by atomic mass is 32.2. The molecule has 228 valence electrons. The molecule has 2 unspecified atom stereocenters. The number of amides is 3. The van der Waals surface area contributed by atoms with Gasteiger partial charge in [-0.15, -0.1) is 24.9 Å². The highest BCUT2D eigenvalue weighted by Crippen LogP contribution is 2.67. The van der Waals surface area contributed by atoms with Crippen LogP contribution in [0.4, 0.5) is 5.69 Å². The normalized spacial score (nSPS) is 26.6. The number of aliphatic hydroxyl groups is 1. The quantitative estimate of drug-likeness (QED) is 0.378. The third-order valence-corrected chi connectivity index (χ3v) is 11.2. The minimum atomic E-state index is -0.803. The maximum Gasteiger partial charge on any atom is 0.247 e. The van der Waals surface area contributed by atoms with E-state index in [-0.39, 0.29) is 29.6 Å². The van der Waals surface area contributed by atoms with Gasteiger partial charge in [0.2, 0.25) is 17.7 Å². The molecule has 6 atom stereocenters. The molecule has 5 rings (SSSR count). The SMILES string of the molecule is C=CCN(C(=O)[C@@H]1[C@@H]2CCC3(S2)C(C(=O)N(CC=C)C(C)(C)C)N([C@@H](CO)Cc2ccccc2)C(=O)[C@H]13)c1ccccc1. The van der Waals surface area contributed by atoms with E-state index in [1.165, 1.54) is 0 Å². The van der Waals surface area contributed by atoms with Crippen LogP contribution in [0.5, 0.6) is 0 Å². The maximum atomic E-state index is 14.8. The monoisotopic (exact) mass is 601 g/mol. The van der Waals surface area contributed by atoms with Gasteiger partial charge in [-0.1, -0.05) is 60.7 Å². The van der Waals surface area contributed by atoms with Crippen molar-refractivity contribution in [2.75, 3.05) is 24.6 Å². The van der Waals surface area contributed by atoms with Crippen LogP contribution >= 0.6 is 11.8 Å². The van der Waals surface area contributed by atoms with Crippen molar-refractivity contribution in [2.45, 2.75) is 67.7 Å². The van der Waals surface area contributed by atoms with E-state index >= 15 is 0 Å². The van der Waals surface area contributed by atoms with Crippen molar-refractivity contribution in [1.82, 2.24) is 9.80 Å². The van der Waals surface area contributed by atoms with Gasteiger partial charge in [-0.25, -0.2) is 0 Å². The summed E-state index contributed by atoms with van der Waals surface area (Å²) in [5.41, 5.74) is 1.21. The Morgan fingerprint density at radius 1 is 1.05 bits per heavy atom. The van der Waals surface area contributed by atoms with Crippen LogP contribution in [0.3, 0.4) is 0 Å². The smallest absolute Gasteiger partial charge is 0.247 e. The number of anilines is 1. The van der Waals surface area contributed by atoms with Gasteiger partial charge in [-0.05, 0) is 57.7 Å². The average Bonchev–Trinajstić information content (AvgIpc) is 3.64. The number of carbonyl (C=O) groups excluding carboxylic acids is 3. The second-order valence-electron chi connectivity index (χ2n) is 12.8. The summed E-state index contributed by atoms with van der Waals surface area (Å²) in [6.45, 7) is 14.1. The van der Waals surface area contributed by atoms with Gasteiger partial charge >= 0.3 is 0 Å². The van der Waals surface area contributed by atoms with Gasteiger partial charge in [0, 0.05) is 29.6 Å². The fourth-order valence-electron chi connectivity index (χ4n) is 7.39. The lowest BCUT2D eigenvalue weighted by Crippen LogP contribution is -2.61. The number of nitrogens with zero attached hydrogens (tertiary/aromatic N) is 3. The van der Waals surface area contributed by atoms with Gasteiger partial charge in [-0.3, -0.25) is 14.4 Å². The molecule has 0 saturated carbocycles. The molecule has 0 aliphatic carbocycles. The molecule has 8 heteroatoms. The molecule has 0 radical (unpaired) electrons. The van der Waals surface area contributed by atoms with E-state index in [2.05, 4.69) is 13.2 Å². The summed E-state index contributed by atoms with van der Waals surface area (Å²) in [5, 5.41) is 10.7. The molecule has 3 saturated heterocycles. The fraction of sp³-hybridized carbons (Fsp3) is 0.457. The Bertz CT molecular complexity index is 1360. The standard InChI is InChI=1S/C35H43N3O4S/c1-6-20-36(25-16-12-9-13-17-25)31(40)28-27-18-19-35(43-27)29(28)32(41)38(26(23-39)22-24-14-10-8-11-15-24)30(35)33(42)37(21-7-2)34(3,4)5/h6-17,26-30,39H,1-2,18-23H2,3-5H3/t26-,27+,28-,29+,30?,35?/m1/s1. The van der Waals surface area contributed by atoms with Gasteiger partial charge in [-0.2, -0.15) is 0 Å². The first-order valence-corrected chi connectivity index (χ1v) is 16.0. The first-order valence-electron chi connectivity index (χ1n) is 15.1. The molecule has 0 aromatic heterocycles. The van der Waals surface area contributed by atoms with E-state index in [1.807, 2.05) is 81.4 Å². The van der Waals surface area contributed by atoms with Crippen molar-refractivity contribution in [3.05, 3.63) is 91.5 Å². The third kappa shape index (κ3) is 5.44. The number of benzene rings is 2. The lowest BCUT2D eigenvalue weighted by atomic mass is 9.70. The number of thioether (sulfide) groups is 1. The van der Waals surface area contributed by atoms with Crippen LogP contribution in [-0.4, -0.2) is 79.9 Å². The molecule has 3 amide bonds. The zero-order chi connectivity index (χ0) is 30.9.